The maximum atomic E-state index is 9.42. The van der Waals surface area contributed by atoms with Gasteiger partial charge in [-0.05, 0) is 30.5 Å². The number of hydrogen-bond donors (Lipinski definition) is 3. The molecule has 0 fully saturated rings. The van der Waals surface area contributed by atoms with E-state index in [0.717, 1.165) is 25.1 Å². The van der Waals surface area contributed by atoms with Gasteiger partial charge in [-0.2, -0.15) is 11.8 Å². The van der Waals surface area contributed by atoms with Crippen LogP contribution < -0.4 is 5.32 Å². The average Bonchev–Trinajstić information content (AvgIpc) is 2.51. The number of hydrogen-bond acceptors (Lipinski definition) is 4. The molecule has 0 amide bonds. The highest BCUT2D eigenvalue weighted by Gasteiger charge is 2.12. The summed E-state index contributed by atoms with van der Waals surface area (Å²) >= 11 is 1.68. The van der Waals surface area contributed by atoms with Crippen LogP contribution >= 0.6 is 11.8 Å². The van der Waals surface area contributed by atoms with Crippen LogP contribution in [-0.4, -0.2) is 41.0 Å². The zero-order chi connectivity index (χ0) is 15.5. The van der Waals surface area contributed by atoms with E-state index in [1.54, 1.807) is 11.8 Å². The van der Waals surface area contributed by atoms with Crippen LogP contribution in [0, 0.1) is 0 Å². The Kier molecular flexibility index (Phi) is 9.76. The van der Waals surface area contributed by atoms with Crippen LogP contribution in [-0.2, 0) is 6.42 Å². The molecule has 0 bridgehead atoms. The van der Waals surface area contributed by atoms with E-state index in [-0.39, 0.29) is 6.61 Å². The molecule has 120 valence electrons. The summed E-state index contributed by atoms with van der Waals surface area (Å²) in [4.78, 5) is 0. The molecule has 0 saturated heterocycles. The lowest BCUT2D eigenvalue weighted by atomic mass is 10.0. The second-order valence-electron chi connectivity index (χ2n) is 5.37. The van der Waals surface area contributed by atoms with E-state index in [4.69, 9.17) is 5.11 Å². The lowest BCUT2D eigenvalue weighted by molar-refractivity contribution is 0.113. The Morgan fingerprint density at radius 3 is 2.38 bits per heavy atom. The van der Waals surface area contributed by atoms with Gasteiger partial charge in [-0.15, -0.1) is 0 Å². The van der Waals surface area contributed by atoms with Crippen LogP contribution in [0.25, 0.3) is 0 Å². The molecule has 2 atom stereocenters. The van der Waals surface area contributed by atoms with Gasteiger partial charge in [-0.3, -0.25) is 0 Å². The van der Waals surface area contributed by atoms with Crippen LogP contribution in [0.2, 0.25) is 0 Å². The average molecular weight is 311 g/mol. The Balaban J connectivity index is 2.58. The number of aliphatic hydroxyl groups excluding tert-OH is 2. The normalized spacial score (nSPS) is 14.1. The molecular formula is C17H29NO2S. The summed E-state index contributed by atoms with van der Waals surface area (Å²) in [6.07, 6.45) is 2.79. The Hall–Kier alpha value is -0.550. The first kappa shape index (κ1) is 18.5. The summed E-state index contributed by atoms with van der Waals surface area (Å²) in [7, 11) is 0. The van der Waals surface area contributed by atoms with Crippen molar-refractivity contribution >= 4 is 11.8 Å². The molecule has 0 heterocycles. The van der Waals surface area contributed by atoms with Crippen LogP contribution in [0.15, 0.2) is 24.3 Å². The van der Waals surface area contributed by atoms with Gasteiger partial charge in [0.15, 0.2) is 0 Å². The Morgan fingerprint density at radius 2 is 1.81 bits per heavy atom. The van der Waals surface area contributed by atoms with Crippen molar-refractivity contribution in [2.75, 3.05) is 24.7 Å². The number of thioether (sulfide) groups is 1. The fraction of sp³-hybridized carbons (Fsp3) is 0.647. The molecule has 1 aromatic carbocycles. The molecule has 4 heteroatoms. The fourth-order valence-corrected chi connectivity index (χ4v) is 3.23. The van der Waals surface area contributed by atoms with E-state index < -0.39 is 6.10 Å². The van der Waals surface area contributed by atoms with Crippen LogP contribution in [0.4, 0.5) is 0 Å². The monoisotopic (exact) mass is 311 g/mol. The van der Waals surface area contributed by atoms with Crippen molar-refractivity contribution in [1.29, 1.82) is 0 Å². The van der Waals surface area contributed by atoms with Crippen LogP contribution in [0.1, 0.15) is 43.9 Å². The molecule has 2 unspecified atom stereocenters. The van der Waals surface area contributed by atoms with Crippen molar-refractivity contribution < 1.29 is 10.2 Å². The molecule has 1 rings (SSSR count). The Bertz CT molecular complexity index is 370. The standard InChI is InChI=1S/C17H29NO2S/c1-3-5-14-6-8-15(9-7-14)17(18-10-4-2)13-21-12-16(20)11-19/h6-9,16-20H,3-5,10-13H2,1-2H3. The molecule has 0 spiro atoms. The number of nitrogens with one attached hydrogen (secondary N) is 1. The summed E-state index contributed by atoms with van der Waals surface area (Å²) in [6, 6.07) is 9.15. The highest BCUT2D eigenvalue weighted by atomic mass is 32.2. The second kappa shape index (κ2) is 11.1. The third kappa shape index (κ3) is 7.32. The maximum absolute atomic E-state index is 9.42. The summed E-state index contributed by atoms with van der Waals surface area (Å²) < 4.78 is 0. The zero-order valence-electron chi connectivity index (χ0n) is 13.2. The van der Waals surface area contributed by atoms with Gasteiger partial charge in [0.1, 0.15) is 0 Å². The molecule has 3 N–H and O–H groups in total. The van der Waals surface area contributed by atoms with Crippen molar-refractivity contribution in [2.45, 2.75) is 45.3 Å². The van der Waals surface area contributed by atoms with Crippen LogP contribution in [0.3, 0.4) is 0 Å². The SMILES string of the molecule is CCCNC(CSCC(O)CO)c1ccc(CCC)cc1. The van der Waals surface area contributed by atoms with Crippen molar-refractivity contribution in [2.24, 2.45) is 0 Å². The van der Waals surface area contributed by atoms with Crippen molar-refractivity contribution in [3.8, 4) is 0 Å². The zero-order valence-corrected chi connectivity index (χ0v) is 14.0. The van der Waals surface area contributed by atoms with Gasteiger partial charge >= 0.3 is 0 Å². The van der Waals surface area contributed by atoms with E-state index >= 15 is 0 Å². The van der Waals surface area contributed by atoms with Gasteiger partial charge in [0.05, 0.1) is 12.7 Å². The molecule has 0 saturated carbocycles. The van der Waals surface area contributed by atoms with E-state index in [2.05, 4.69) is 43.4 Å². The minimum absolute atomic E-state index is 0.161. The summed E-state index contributed by atoms with van der Waals surface area (Å²) in [5.74, 6) is 1.49. The molecule has 0 aliphatic rings. The minimum atomic E-state index is -0.617. The number of aliphatic hydroxyl groups is 2. The first-order valence-corrected chi connectivity index (χ1v) is 9.05. The topological polar surface area (TPSA) is 52.5 Å². The highest BCUT2D eigenvalue weighted by molar-refractivity contribution is 7.99. The van der Waals surface area contributed by atoms with Crippen LogP contribution in [0.5, 0.6) is 0 Å². The molecule has 3 nitrogen and oxygen atoms in total. The smallest absolute Gasteiger partial charge is 0.0861 e. The summed E-state index contributed by atoms with van der Waals surface area (Å²) in [6.45, 7) is 5.19. The molecule has 0 radical (unpaired) electrons. The second-order valence-corrected chi connectivity index (χ2v) is 6.45. The number of aryl methyl sites for hydroxylation is 1. The fourth-order valence-electron chi connectivity index (χ4n) is 2.17. The number of rotatable bonds is 11. The largest absolute Gasteiger partial charge is 0.394 e. The molecule has 1 aromatic rings. The van der Waals surface area contributed by atoms with Gasteiger partial charge in [0.2, 0.25) is 0 Å². The summed E-state index contributed by atoms with van der Waals surface area (Å²) in [5, 5.41) is 21.8. The third-order valence-electron chi connectivity index (χ3n) is 3.37. The Labute approximate surface area is 133 Å². The van der Waals surface area contributed by atoms with Crippen molar-refractivity contribution in [3.05, 3.63) is 35.4 Å². The van der Waals surface area contributed by atoms with Gasteiger partial charge in [0.25, 0.3) is 0 Å². The number of benzene rings is 1. The predicted molar refractivity (Wildman–Crippen MR) is 91.9 cm³/mol. The lowest BCUT2D eigenvalue weighted by Gasteiger charge is -2.19. The molecule has 0 aliphatic carbocycles. The van der Waals surface area contributed by atoms with E-state index in [1.165, 1.54) is 17.5 Å². The van der Waals surface area contributed by atoms with Gasteiger partial charge < -0.3 is 15.5 Å². The van der Waals surface area contributed by atoms with Gasteiger partial charge in [0, 0.05) is 17.5 Å². The maximum Gasteiger partial charge on any atom is 0.0861 e. The van der Waals surface area contributed by atoms with Gasteiger partial charge in [-0.25, -0.2) is 0 Å². The van der Waals surface area contributed by atoms with Gasteiger partial charge in [-0.1, -0.05) is 44.5 Å². The van der Waals surface area contributed by atoms with Crippen molar-refractivity contribution in [3.63, 3.8) is 0 Å². The third-order valence-corrected chi connectivity index (χ3v) is 4.56. The predicted octanol–water partition coefficient (Wildman–Crippen LogP) is 2.77. The minimum Gasteiger partial charge on any atom is -0.394 e. The molecule has 0 aliphatic heterocycles. The quantitative estimate of drug-likeness (QED) is 0.588. The molecule has 21 heavy (non-hydrogen) atoms. The molecule has 0 aromatic heterocycles. The van der Waals surface area contributed by atoms with E-state index in [9.17, 15) is 5.11 Å². The van der Waals surface area contributed by atoms with E-state index in [1.807, 2.05) is 0 Å². The first-order valence-electron chi connectivity index (χ1n) is 7.90. The molecular weight excluding hydrogens is 282 g/mol. The highest BCUT2D eigenvalue weighted by Crippen LogP contribution is 2.20. The lowest BCUT2D eigenvalue weighted by Crippen LogP contribution is -2.25. The van der Waals surface area contributed by atoms with Crippen molar-refractivity contribution in [1.82, 2.24) is 5.32 Å². The summed E-state index contributed by atoms with van der Waals surface area (Å²) in [5.41, 5.74) is 2.69. The first-order chi connectivity index (χ1) is 10.2. The van der Waals surface area contributed by atoms with E-state index in [0.29, 0.717) is 11.8 Å². The Morgan fingerprint density at radius 1 is 1.10 bits per heavy atom.